The highest BCUT2D eigenvalue weighted by Gasteiger charge is 2.31. The van der Waals surface area contributed by atoms with Crippen molar-refractivity contribution >= 4 is 31.7 Å². The predicted octanol–water partition coefficient (Wildman–Crippen LogP) is 4.89. The number of carbonyl (C=O) groups excluding carboxylic acids is 1. The van der Waals surface area contributed by atoms with Gasteiger partial charge in [-0.2, -0.15) is 13.2 Å². The molecule has 13 heteroatoms. The Balaban J connectivity index is 2.01. The highest BCUT2D eigenvalue weighted by Crippen LogP contribution is 2.32. The average molecular weight is 579 g/mol. The summed E-state index contributed by atoms with van der Waals surface area (Å²) in [6.07, 6.45) is -6.08. The van der Waals surface area contributed by atoms with Gasteiger partial charge in [0.2, 0.25) is 0 Å². The number of aromatic nitrogens is 1. The van der Waals surface area contributed by atoms with Crippen molar-refractivity contribution in [2.24, 2.45) is 0 Å². The fourth-order valence-corrected chi connectivity index (χ4v) is 4.38. The molecule has 0 aliphatic heterocycles. The molecule has 6 nitrogen and oxygen atoms in total. The van der Waals surface area contributed by atoms with Gasteiger partial charge in [0, 0.05) is 29.2 Å². The molecule has 0 saturated carbocycles. The van der Waals surface area contributed by atoms with Crippen LogP contribution in [0.25, 0.3) is 5.69 Å². The third kappa shape index (κ3) is 5.96. The maximum atomic E-state index is 13.7. The van der Waals surface area contributed by atoms with Crippen LogP contribution >= 0.6 is 15.9 Å². The number of amides is 1. The molecular weight excluding hydrogens is 563 g/mol. The van der Waals surface area contributed by atoms with Crippen LogP contribution in [0, 0.1) is 0 Å². The van der Waals surface area contributed by atoms with E-state index in [-0.39, 0.29) is 21.6 Å². The van der Waals surface area contributed by atoms with Crippen molar-refractivity contribution in [1.82, 2.24) is 9.88 Å². The summed E-state index contributed by atoms with van der Waals surface area (Å²) in [4.78, 5) is 25.8. The first-order chi connectivity index (χ1) is 16.2. The number of benzene rings is 2. The van der Waals surface area contributed by atoms with Gasteiger partial charge >= 0.3 is 6.18 Å². The molecule has 0 spiro atoms. The maximum absolute atomic E-state index is 13.7. The van der Waals surface area contributed by atoms with Gasteiger partial charge in [0.05, 0.1) is 16.0 Å². The van der Waals surface area contributed by atoms with Crippen molar-refractivity contribution in [3.05, 3.63) is 91.8 Å². The van der Waals surface area contributed by atoms with Crippen molar-refractivity contribution < 1.29 is 35.2 Å². The lowest BCUT2D eigenvalue weighted by molar-refractivity contribution is -0.137. The highest BCUT2D eigenvalue weighted by molar-refractivity contribution is 9.10. The van der Waals surface area contributed by atoms with E-state index < -0.39 is 50.6 Å². The first kappa shape index (κ1) is 26.5. The third-order valence-corrected chi connectivity index (χ3v) is 6.66. The van der Waals surface area contributed by atoms with Crippen LogP contribution in [-0.2, 0) is 22.6 Å². The molecule has 0 saturated heterocycles. The molecule has 3 aromatic rings. The molecule has 1 aromatic heterocycles. The van der Waals surface area contributed by atoms with Crippen LogP contribution in [0.3, 0.4) is 0 Å². The van der Waals surface area contributed by atoms with Crippen molar-refractivity contribution in [1.29, 1.82) is 0 Å². The summed E-state index contributed by atoms with van der Waals surface area (Å²) in [5, 5.41) is 2.32. The Hall–Kier alpha value is -3.06. The van der Waals surface area contributed by atoms with Crippen molar-refractivity contribution in [2.75, 3.05) is 6.26 Å². The molecule has 0 atom stereocenters. The number of hydrogen-bond acceptors (Lipinski definition) is 4. The summed E-state index contributed by atoms with van der Waals surface area (Å²) in [7, 11) is -3.45. The van der Waals surface area contributed by atoms with E-state index in [9.17, 15) is 40.0 Å². The molecule has 1 N–H and O–H groups in total. The van der Waals surface area contributed by atoms with E-state index >= 15 is 0 Å². The van der Waals surface area contributed by atoms with Crippen LogP contribution in [0.5, 0.6) is 0 Å². The zero-order chi connectivity index (χ0) is 26.1. The number of carbonyl (C=O) groups is 1. The molecule has 0 fully saturated rings. The van der Waals surface area contributed by atoms with Gasteiger partial charge < -0.3 is 5.32 Å². The standard InChI is InChI=1S/C22H16BrF5N2O4S/c1-35(33,34)15-7-5-12(6-8-15)10-29-20(31)18-17(19(24)25)16(23)11-30(21(18)32)14-4-2-3-13(9-14)22(26,27)28/h2-9,11,19H,10H2,1H3,(H,29,31). The second-order valence-corrected chi connectivity index (χ2v) is 10.3. The number of nitrogens with one attached hydrogen (secondary N) is 1. The first-order valence-corrected chi connectivity index (χ1v) is 12.4. The quantitative estimate of drug-likeness (QED) is 0.422. The molecule has 0 unspecified atom stereocenters. The van der Waals surface area contributed by atoms with Crippen LogP contribution in [0.4, 0.5) is 22.0 Å². The average Bonchev–Trinajstić information content (AvgIpc) is 2.77. The van der Waals surface area contributed by atoms with Crippen LogP contribution in [0.15, 0.2) is 68.9 Å². The zero-order valence-corrected chi connectivity index (χ0v) is 20.1. The second-order valence-electron chi connectivity index (χ2n) is 7.39. The largest absolute Gasteiger partial charge is 0.416 e. The number of rotatable bonds is 6. The molecular formula is C22H16BrF5N2O4S. The Morgan fingerprint density at radius 2 is 1.74 bits per heavy atom. The van der Waals surface area contributed by atoms with Crippen LogP contribution in [0.1, 0.15) is 33.5 Å². The van der Waals surface area contributed by atoms with E-state index in [0.717, 1.165) is 30.7 Å². The number of alkyl halides is 5. The molecule has 0 radical (unpaired) electrons. The number of hydrogen-bond donors (Lipinski definition) is 1. The molecule has 1 heterocycles. The Bertz CT molecular complexity index is 1440. The van der Waals surface area contributed by atoms with E-state index in [1.165, 1.54) is 24.3 Å². The molecule has 3 rings (SSSR count). The molecule has 186 valence electrons. The highest BCUT2D eigenvalue weighted by atomic mass is 79.9. The number of sulfone groups is 1. The first-order valence-electron chi connectivity index (χ1n) is 9.68. The summed E-state index contributed by atoms with van der Waals surface area (Å²) in [6, 6.07) is 9.01. The molecule has 0 aliphatic rings. The summed E-state index contributed by atoms with van der Waals surface area (Å²) >= 11 is 2.88. The molecule has 0 bridgehead atoms. The van der Waals surface area contributed by atoms with Gasteiger partial charge in [-0.25, -0.2) is 17.2 Å². The summed E-state index contributed by atoms with van der Waals surface area (Å²) < 4.78 is 90.2. The molecule has 35 heavy (non-hydrogen) atoms. The molecule has 2 aromatic carbocycles. The van der Waals surface area contributed by atoms with E-state index in [1.54, 1.807) is 0 Å². The summed E-state index contributed by atoms with van der Waals surface area (Å²) in [6.45, 7) is -0.235. The molecule has 0 aliphatic carbocycles. The smallest absolute Gasteiger partial charge is 0.348 e. The third-order valence-electron chi connectivity index (χ3n) is 4.90. The lowest BCUT2D eigenvalue weighted by Crippen LogP contribution is -2.34. The van der Waals surface area contributed by atoms with Gasteiger partial charge in [-0.05, 0) is 51.8 Å². The topological polar surface area (TPSA) is 85.2 Å². The number of pyridine rings is 1. The Kier molecular flexibility index (Phi) is 7.50. The van der Waals surface area contributed by atoms with Gasteiger partial charge in [-0.15, -0.1) is 0 Å². The Morgan fingerprint density at radius 3 is 2.29 bits per heavy atom. The van der Waals surface area contributed by atoms with Crippen molar-refractivity contribution in [3.63, 3.8) is 0 Å². The van der Waals surface area contributed by atoms with E-state index in [4.69, 9.17) is 0 Å². The van der Waals surface area contributed by atoms with Crippen LogP contribution in [0.2, 0.25) is 0 Å². The second kappa shape index (κ2) is 9.90. The van der Waals surface area contributed by atoms with Crippen LogP contribution < -0.4 is 10.9 Å². The lowest BCUT2D eigenvalue weighted by atomic mass is 10.1. The fourth-order valence-electron chi connectivity index (χ4n) is 3.18. The Labute approximate surface area is 204 Å². The number of halogens is 6. The minimum atomic E-state index is -4.72. The van der Waals surface area contributed by atoms with Gasteiger partial charge in [0.1, 0.15) is 5.56 Å². The summed E-state index contributed by atoms with van der Waals surface area (Å²) in [5.74, 6) is -1.18. The maximum Gasteiger partial charge on any atom is 0.416 e. The van der Waals surface area contributed by atoms with Gasteiger partial charge in [0.25, 0.3) is 17.9 Å². The van der Waals surface area contributed by atoms with Crippen LogP contribution in [-0.4, -0.2) is 25.1 Å². The summed E-state index contributed by atoms with van der Waals surface area (Å²) in [5.41, 5.74) is -4.04. The van der Waals surface area contributed by atoms with Gasteiger partial charge in [0.15, 0.2) is 9.84 Å². The van der Waals surface area contributed by atoms with Crippen molar-refractivity contribution in [3.8, 4) is 5.69 Å². The Morgan fingerprint density at radius 1 is 1.11 bits per heavy atom. The molecule has 1 amide bonds. The normalized spacial score (nSPS) is 12.1. The van der Waals surface area contributed by atoms with Crippen molar-refractivity contribution in [2.45, 2.75) is 24.0 Å². The SMILES string of the molecule is CS(=O)(=O)c1ccc(CNC(=O)c2c(C(F)F)c(Br)cn(-c3cccc(C(F)(F)F)c3)c2=O)cc1. The van der Waals surface area contributed by atoms with E-state index in [0.29, 0.717) is 16.2 Å². The minimum absolute atomic E-state index is 0.0310. The van der Waals surface area contributed by atoms with Gasteiger partial charge in [-0.3, -0.25) is 14.2 Å². The minimum Gasteiger partial charge on any atom is -0.348 e. The van der Waals surface area contributed by atoms with E-state index in [1.807, 2.05) is 0 Å². The zero-order valence-electron chi connectivity index (χ0n) is 17.7. The monoisotopic (exact) mass is 578 g/mol. The number of nitrogens with zero attached hydrogens (tertiary/aromatic N) is 1. The predicted molar refractivity (Wildman–Crippen MR) is 120 cm³/mol. The lowest BCUT2D eigenvalue weighted by Gasteiger charge is -2.16. The van der Waals surface area contributed by atoms with E-state index in [2.05, 4.69) is 21.2 Å². The van der Waals surface area contributed by atoms with Gasteiger partial charge in [-0.1, -0.05) is 18.2 Å². The fraction of sp³-hybridized carbons (Fsp3) is 0.182.